The number of thiazole rings is 1. The van der Waals surface area contributed by atoms with E-state index >= 15 is 0 Å². The van der Waals surface area contributed by atoms with E-state index in [0.717, 1.165) is 44.4 Å². The van der Waals surface area contributed by atoms with Crippen LogP contribution in [0.3, 0.4) is 0 Å². The van der Waals surface area contributed by atoms with E-state index in [-0.39, 0.29) is 39.5 Å². The molecule has 2 fully saturated rings. The van der Waals surface area contributed by atoms with Gasteiger partial charge < -0.3 is 20.6 Å². The van der Waals surface area contributed by atoms with Crippen molar-refractivity contribution in [1.29, 1.82) is 0 Å². The van der Waals surface area contributed by atoms with E-state index in [4.69, 9.17) is 0 Å². The van der Waals surface area contributed by atoms with Gasteiger partial charge in [-0.25, -0.2) is 9.97 Å². The fourth-order valence-electron chi connectivity index (χ4n) is 4.40. The third-order valence-electron chi connectivity index (χ3n) is 6.77. The van der Waals surface area contributed by atoms with Gasteiger partial charge in [0.1, 0.15) is 11.5 Å². The molecular formula is C25H32F3N5O3S. The molecule has 0 bridgehead atoms. The number of hydrogen-bond donors (Lipinski definition) is 3. The average molecular weight is 540 g/mol. The van der Waals surface area contributed by atoms with Gasteiger partial charge in [0.25, 0.3) is 11.8 Å². The minimum atomic E-state index is -4.72. The molecule has 2 aromatic rings. The standard InChI is InChI=1S/C25H32F3N5O3S/c1-14-6-5-9-33(14)23(35)19-20(37-22(32-19)21(34)31-13-24(2,3)36)16-12-30-18(10-17(16)25(26,27)28)29-11-15-7-4-8-15/h10,12,14-15,36H,4-9,11,13H2,1-3H3,(H,29,30)(H,31,34). The van der Waals surface area contributed by atoms with Gasteiger partial charge in [0.05, 0.1) is 16.0 Å². The van der Waals surface area contributed by atoms with E-state index in [1.54, 1.807) is 4.90 Å². The van der Waals surface area contributed by atoms with Crippen molar-refractivity contribution >= 4 is 29.0 Å². The number of nitrogens with zero attached hydrogens (tertiary/aromatic N) is 3. The van der Waals surface area contributed by atoms with Gasteiger partial charge in [-0.05, 0) is 58.4 Å². The van der Waals surface area contributed by atoms with Crippen molar-refractivity contribution in [2.45, 2.75) is 70.7 Å². The molecule has 0 aromatic carbocycles. The van der Waals surface area contributed by atoms with Crippen molar-refractivity contribution in [3.8, 4) is 10.4 Å². The molecule has 1 saturated heterocycles. The van der Waals surface area contributed by atoms with Crippen LogP contribution in [0.4, 0.5) is 19.0 Å². The lowest BCUT2D eigenvalue weighted by atomic mass is 9.85. The molecule has 1 unspecified atom stereocenters. The summed E-state index contributed by atoms with van der Waals surface area (Å²) in [5.74, 6) is -0.661. The second-order valence-electron chi connectivity index (χ2n) is 10.5. The van der Waals surface area contributed by atoms with Crippen LogP contribution in [-0.2, 0) is 6.18 Å². The summed E-state index contributed by atoms with van der Waals surface area (Å²) in [6.45, 7) is 5.80. The first kappa shape index (κ1) is 27.3. The average Bonchev–Trinajstić information content (AvgIpc) is 3.41. The summed E-state index contributed by atoms with van der Waals surface area (Å²) >= 11 is 0.714. The lowest BCUT2D eigenvalue weighted by Crippen LogP contribution is -2.38. The highest BCUT2D eigenvalue weighted by molar-refractivity contribution is 7.17. The largest absolute Gasteiger partial charge is 0.417 e. The Labute approximate surface area is 217 Å². The predicted octanol–water partition coefficient (Wildman–Crippen LogP) is 4.56. The zero-order valence-electron chi connectivity index (χ0n) is 21.1. The topological polar surface area (TPSA) is 107 Å². The number of carbonyl (C=O) groups is 2. The van der Waals surface area contributed by atoms with Crippen LogP contribution >= 0.6 is 11.3 Å². The summed E-state index contributed by atoms with van der Waals surface area (Å²) < 4.78 is 42.7. The van der Waals surface area contributed by atoms with Gasteiger partial charge in [-0.2, -0.15) is 13.2 Å². The maximum absolute atomic E-state index is 14.2. The molecule has 4 rings (SSSR count). The van der Waals surface area contributed by atoms with Gasteiger partial charge in [-0.1, -0.05) is 6.42 Å². The highest BCUT2D eigenvalue weighted by Gasteiger charge is 2.38. The number of hydrogen-bond acceptors (Lipinski definition) is 7. The number of likely N-dealkylation sites (tertiary alicyclic amines) is 1. The second kappa shape index (κ2) is 10.6. The molecule has 202 valence electrons. The number of pyridine rings is 1. The van der Waals surface area contributed by atoms with E-state index in [1.165, 1.54) is 13.8 Å². The van der Waals surface area contributed by atoms with E-state index in [9.17, 15) is 27.9 Å². The van der Waals surface area contributed by atoms with Crippen molar-refractivity contribution in [1.82, 2.24) is 20.2 Å². The lowest BCUT2D eigenvalue weighted by molar-refractivity contribution is -0.137. The van der Waals surface area contributed by atoms with Crippen LogP contribution in [0, 0.1) is 5.92 Å². The van der Waals surface area contributed by atoms with Crippen molar-refractivity contribution in [2.24, 2.45) is 5.92 Å². The van der Waals surface area contributed by atoms with Gasteiger partial charge in [0.2, 0.25) is 0 Å². The number of rotatable bonds is 8. The Balaban J connectivity index is 1.74. The van der Waals surface area contributed by atoms with Crippen LogP contribution in [0.15, 0.2) is 12.3 Å². The molecule has 8 nitrogen and oxygen atoms in total. The Hall–Kier alpha value is -2.73. The Morgan fingerprint density at radius 2 is 1.95 bits per heavy atom. The highest BCUT2D eigenvalue weighted by atomic mass is 32.1. The van der Waals surface area contributed by atoms with E-state index in [2.05, 4.69) is 20.6 Å². The number of aromatic nitrogens is 2. The van der Waals surface area contributed by atoms with Crippen LogP contribution in [-0.4, -0.2) is 63.1 Å². The number of alkyl halides is 3. The zero-order chi connectivity index (χ0) is 27.0. The summed E-state index contributed by atoms with van der Waals surface area (Å²) in [7, 11) is 0. The SMILES string of the molecule is CC1CCCN1C(=O)c1nc(C(=O)NCC(C)(C)O)sc1-c1cnc(NCC2CCC2)cc1C(F)(F)F. The number of anilines is 1. The Kier molecular flexibility index (Phi) is 7.80. The first-order valence-corrected chi connectivity index (χ1v) is 13.3. The number of amides is 2. The summed E-state index contributed by atoms with van der Waals surface area (Å²) in [6.07, 6.45) is 1.13. The van der Waals surface area contributed by atoms with Crippen LogP contribution in [0.1, 0.15) is 78.7 Å². The quantitative estimate of drug-likeness (QED) is 0.454. The maximum Gasteiger partial charge on any atom is 0.417 e. The van der Waals surface area contributed by atoms with Crippen LogP contribution in [0.2, 0.25) is 0 Å². The molecule has 2 amide bonds. The number of carbonyl (C=O) groups excluding carboxylic acids is 2. The van der Waals surface area contributed by atoms with E-state index in [0.29, 0.717) is 30.3 Å². The maximum atomic E-state index is 14.2. The lowest BCUT2D eigenvalue weighted by Gasteiger charge is -2.25. The summed E-state index contributed by atoms with van der Waals surface area (Å²) in [5.41, 5.74) is -2.64. The predicted molar refractivity (Wildman–Crippen MR) is 135 cm³/mol. The number of nitrogens with one attached hydrogen (secondary N) is 2. The smallest absolute Gasteiger partial charge is 0.389 e. The molecule has 37 heavy (non-hydrogen) atoms. The van der Waals surface area contributed by atoms with Crippen molar-refractivity contribution in [3.05, 3.63) is 28.5 Å². The van der Waals surface area contributed by atoms with Gasteiger partial charge >= 0.3 is 6.18 Å². The Morgan fingerprint density at radius 1 is 1.22 bits per heavy atom. The summed E-state index contributed by atoms with van der Waals surface area (Å²) in [5, 5.41) is 15.3. The number of halogens is 3. The Bertz CT molecular complexity index is 1160. The van der Waals surface area contributed by atoms with Gasteiger partial charge in [-0.3, -0.25) is 9.59 Å². The van der Waals surface area contributed by atoms with Crippen molar-refractivity contribution in [2.75, 3.05) is 25.0 Å². The molecule has 2 aromatic heterocycles. The van der Waals surface area contributed by atoms with Crippen LogP contribution in [0.25, 0.3) is 10.4 Å². The molecule has 12 heteroatoms. The highest BCUT2D eigenvalue weighted by Crippen LogP contribution is 2.42. The third-order valence-corrected chi connectivity index (χ3v) is 7.86. The van der Waals surface area contributed by atoms with Crippen molar-refractivity contribution < 1.29 is 27.9 Å². The summed E-state index contributed by atoms with van der Waals surface area (Å²) in [6, 6.07) is 0.863. The van der Waals surface area contributed by atoms with E-state index < -0.39 is 29.2 Å². The molecule has 0 spiro atoms. The molecule has 3 heterocycles. The normalized spacial score (nSPS) is 18.6. The van der Waals surface area contributed by atoms with Crippen molar-refractivity contribution in [3.63, 3.8) is 0 Å². The van der Waals surface area contributed by atoms with Gasteiger partial charge in [-0.15, -0.1) is 11.3 Å². The minimum Gasteiger partial charge on any atom is -0.389 e. The monoisotopic (exact) mass is 539 g/mol. The Morgan fingerprint density at radius 3 is 2.51 bits per heavy atom. The molecular weight excluding hydrogens is 507 g/mol. The first-order valence-electron chi connectivity index (χ1n) is 12.5. The molecule has 0 radical (unpaired) electrons. The van der Waals surface area contributed by atoms with E-state index in [1.807, 2.05) is 6.92 Å². The number of aliphatic hydroxyl groups is 1. The van der Waals surface area contributed by atoms with Crippen LogP contribution < -0.4 is 10.6 Å². The van der Waals surface area contributed by atoms with Gasteiger partial charge in [0, 0.05) is 37.4 Å². The van der Waals surface area contributed by atoms with Gasteiger partial charge in [0.15, 0.2) is 5.01 Å². The third kappa shape index (κ3) is 6.40. The fraction of sp³-hybridized carbons (Fsp3) is 0.600. The molecule has 3 N–H and O–H groups in total. The van der Waals surface area contributed by atoms with Crippen LogP contribution in [0.5, 0.6) is 0 Å². The zero-order valence-corrected chi connectivity index (χ0v) is 21.9. The molecule has 1 aliphatic heterocycles. The second-order valence-corrected chi connectivity index (χ2v) is 11.5. The molecule has 2 aliphatic rings. The fourth-order valence-corrected chi connectivity index (χ4v) is 5.40. The molecule has 1 aliphatic carbocycles. The molecule has 1 atom stereocenters. The molecule has 1 saturated carbocycles. The summed E-state index contributed by atoms with van der Waals surface area (Å²) in [4.78, 5) is 36.1. The first-order chi connectivity index (χ1) is 17.3. The minimum absolute atomic E-state index is 0.0529.